The Hall–Kier alpha value is -1.03. The van der Waals surface area contributed by atoms with Crippen LogP contribution in [0.15, 0.2) is 40.9 Å². The standard InChI is InChI=1S/C17H13BrCl2O2/c1-10-8-12(18)9-14(20)15(10)22-16(21)17(6-7-17)11-2-4-13(19)5-3-11/h2-5,8-9H,6-7H2,1H3. The molecule has 2 aromatic rings. The monoisotopic (exact) mass is 398 g/mol. The Kier molecular flexibility index (Phi) is 4.23. The number of carbonyl (C=O) groups excluding carboxylic acids is 1. The van der Waals surface area contributed by atoms with Gasteiger partial charge in [-0.3, -0.25) is 4.79 Å². The van der Waals surface area contributed by atoms with Crippen LogP contribution in [0, 0.1) is 6.92 Å². The van der Waals surface area contributed by atoms with Crippen LogP contribution in [0.1, 0.15) is 24.0 Å². The van der Waals surface area contributed by atoms with Crippen molar-refractivity contribution < 1.29 is 9.53 Å². The summed E-state index contributed by atoms with van der Waals surface area (Å²) >= 11 is 15.5. The summed E-state index contributed by atoms with van der Waals surface area (Å²) in [5, 5.41) is 1.08. The van der Waals surface area contributed by atoms with E-state index in [2.05, 4.69) is 15.9 Å². The first kappa shape index (κ1) is 15.9. The number of ether oxygens (including phenoxy) is 1. The highest BCUT2D eigenvalue weighted by Gasteiger charge is 2.53. The summed E-state index contributed by atoms with van der Waals surface area (Å²) < 4.78 is 6.47. The number of hydrogen-bond donors (Lipinski definition) is 0. The zero-order chi connectivity index (χ0) is 15.9. The molecule has 0 amide bonds. The number of benzene rings is 2. The summed E-state index contributed by atoms with van der Waals surface area (Å²) in [5.41, 5.74) is 1.19. The number of rotatable bonds is 3. The van der Waals surface area contributed by atoms with E-state index in [4.69, 9.17) is 27.9 Å². The molecule has 1 saturated carbocycles. The normalized spacial score (nSPS) is 15.5. The number of halogens is 3. The van der Waals surface area contributed by atoms with E-state index in [1.165, 1.54) is 0 Å². The largest absolute Gasteiger partial charge is 0.424 e. The second kappa shape index (κ2) is 5.88. The molecular weight excluding hydrogens is 387 g/mol. The first-order valence-electron chi connectivity index (χ1n) is 6.86. The highest BCUT2D eigenvalue weighted by molar-refractivity contribution is 9.10. The molecule has 1 aliphatic rings. The Balaban J connectivity index is 1.88. The second-order valence-corrected chi connectivity index (χ2v) is 7.27. The van der Waals surface area contributed by atoms with Crippen molar-refractivity contribution in [2.75, 3.05) is 0 Å². The van der Waals surface area contributed by atoms with E-state index in [0.29, 0.717) is 15.8 Å². The summed E-state index contributed by atoms with van der Waals surface area (Å²) in [6, 6.07) is 10.9. The molecule has 0 spiro atoms. The van der Waals surface area contributed by atoms with Gasteiger partial charge in [0.15, 0.2) is 5.75 Å². The highest BCUT2D eigenvalue weighted by Crippen LogP contribution is 2.50. The Labute approximate surface area is 147 Å². The maximum Gasteiger partial charge on any atom is 0.322 e. The maximum atomic E-state index is 12.6. The SMILES string of the molecule is Cc1cc(Br)cc(Cl)c1OC(=O)C1(c2ccc(Cl)cc2)CC1. The Morgan fingerprint density at radius 1 is 1.18 bits per heavy atom. The molecule has 0 heterocycles. The summed E-state index contributed by atoms with van der Waals surface area (Å²) in [5.74, 6) is 0.164. The third kappa shape index (κ3) is 2.90. The molecule has 1 aliphatic carbocycles. The van der Waals surface area contributed by atoms with Gasteiger partial charge in [-0.15, -0.1) is 0 Å². The predicted octanol–water partition coefficient (Wildman–Crippen LogP) is 5.70. The molecule has 5 heteroatoms. The average molecular weight is 400 g/mol. The molecule has 0 N–H and O–H groups in total. The van der Waals surface area contributed by atoms with Crippen molar-refractivity contribution in [2.45, 2.75) is 25.2 Å². The van der Waals surface area contributed by atoms with Crippen LogP contribution in [0.5, 0.6) is 5.75 Å². The van der Waals surface area contributed by atoms with Gasteiger partial charge in [0.2, 0.25) is 0 Å². The molecule has 2 aromatic carbocycles. The molecule has 22 heavy (non-hydrogen) atoms. The van der Waals surface area contributed by atoms with Crippen LogP contribution in [-0.4, -0.2) is 5.97 Å². The van der Waals surface area contributed by atoms with Gasteiger partial charge in [-0.2, -0.15) is 0 Å². The van der Waals surface area contributed by atoms with Gasteiger partial charge >= 0.3 is 5.97 Å². The third-order valence-electron chi connectivity index (χ3n) is 3.93. The molecule has 0 radical (unpaired) electrons. The van der Waals surface area contributed by atoms with E-state index in [0.717, 1.165) is 28.4 Å². The number of carbonyl (C=O) groups is 1. The molecule has 2 nitrogen and oxygen atoms in total. The van der Waals surface area contributed by atoms with Gasteiger partial charge < -0.3 is 4.74 Å². The van der Waals surface area contributed by atoms with Gasteiger partial charge in [0.05, 0.1) is 10.4 Å². The minimum Gasteiger partial charge on any atom is -0.424 e. The molecule has 0 unspecified atom stereocenters. The van der Waals surface area contributed by atoms with Crippen LogP contribution >= 0.6 is 39.1 Å². The van der Waals surface area contributed by atoms with Crippen LogP contribution in [0.3, 0.4) is 0 Å². The maximum absolute atomic E-state index is 12.6. The van der Waals surface area contributed by atoms with Crippen molar-refractivity contribution in [3.05, 3.63) is 62.0 Å². The second-order valence-electron chi connectivity index (χ2n) is 5.51. The topological polar surface area (TPSA) is 26.3 Å². The fourth-order valence-electron chi connectivity index (χ4n) is 2.51. The average Bonchev–Trinajstić information content (AvgIpc) is 3.25. The van der Waals surface area contributed by atoms with Gasteiger partial charge in [-0.1, -0.05) is 51.3 Å². The molecule has 3 rings (SSSR count). The molecule has 1 fully saturated rings. The van der Waals surface area contributed by atoms with E-state index in [1.807, 2.05) is 25.1 Å². The van der Waals surface area contributed by atoms with E-state index < -0.39 is 5.41 Å². The fourth-order valence-corrected chi connectivity index (χ4v) is 3.65. The van der Waals surface area contributed by atoms with E-state index in [-0.39, 0.29) is 5.97 Å². The first-order valence-corrected chi connectivity index (χ1v) is 8.41. The van der Waals surface area contributed by atoms with Gasteiger partial charge in [0.25, 0.3) is 0 Å². The number of hydrogen-bond acceptors (Lipinski definition) is 2. The molecule has 0 bridgehead atoms. The highest BCUT2D eigenvalue weighted by atomic mass is 79.9. The quantitative estimate of drug-likeness (QED) is 0.488. The minimum atomic E-state index is -0.562. The lowest BCUT2D eigenvalue weighted by molar-refractivity contribution is -0.137. The van der Waals surface area contributed by atoms with Gasteiger partial charge in [-0.25, -0.2) is 0 Å². The number of aryl methyl sites for hydroxylation is 1. The van der Waals surface area contributed by atoms with E-state index >= 15 is 0 Å². The Bertz CT molecular complexity index is 714. The molecule has 114 valence electrons. The van der Waals surface area contributed by atoms with Gasteiger partial charge in [-0.05, 0) is 55.2 Å². The molecule has 0 aromatic heterocycles. The lowest BCUT2D eigenvalue weighted by atomic mass is 9.96. The third-order valence-corrected chi connectivity index (χ3v) is 4.92. The van der Waals surface area contributed by atoms with Crippen LogP contribution in [0.4, 0.5) is 0 Å². The van der Waals surface area contributed by atoms with Crippen LogP contribution in [0.25, 0.3) is 0 Å². The zero-order valence-corrected chi connectivity index (χ0v) is 14.9. The molecular formula is C17H13BrCl2O2. The van der Waals surface area contributed by atoms with Crippen LogP contribution < -0.4 is 4.74 Å². The summed E-state index contributed by atoms with van der Waals surface area (Å²) in [4.78, 5) is 12.6. The molecule has 0 atom stereocenters. The fraction of sp³-hybridized carbons (Fsp3) is 0.235. The van der Waals surface area contributed by atoms with Crippen molar-refractivity contribution in [2.24, 2.45) is 0 Å². The smallest absolute Gasteiger partial charge is 0.322 e. The summed E-state index contributed by atoms with van der Waals surface area (Å²) in [6.45, 7) is 1.86. The van der Waals surface area contributed by atoms with Crippen molar-refractivity contribution in [1.29, 1.82) is 0 Å². The van der Waals surface area contributed by atoms with E-state index in [9.17, 15) is 4.79 Å². The van der Waals surface area contributed by atoms with Crippen molar-refractivity contribution >= 4 is 45.1 Å². The minimum absolute atomic E-state index is 0.262. The van der Waals surface area contributed by atoms with Gasteiger partial charge in [0, 0.05) is 9.50 Å². The zero-order valence-electron chi connectivity index (χ0n) is 11.8. The van der Waals surface area contributed by atoms with Crippen molar-refractivity contribution in [3.63, 3.8) is 0 Å². The van der Waals surface area contributed by atoms with Gasteiger partial charge in [0.1, 0.15) is 0 Å². The van der Waals surface area contributed by atoms with Crippen LogP contribution in [0.2, 0.25) is 10.0 Å². The van der Waals surface area contributed by atoms with Crippen LogP contribution in [-0.2, 0) is 10.2 Å². The predicted molar refractivity (Wildman–Crippen MR) is 91.9 cm³/mol. The van der Waals surface area contributed by atoms with Crippen molar-refractivity contribution in [3.8, 4) is 5.75 Å². The molecule has 0 saturated heterocycles. The summed E-state index contributed by atoms with van der Waals surface area (Å²) in [7, 11) is 0. The van der Waals surface area contributed by atoms with E-state index in [1.54, 1.807) is 18.2 Å². The first-order chi connectivity index (χ1) is 10.4. The Morgan fingerprint density at radius 2 is 1.82 bits per heavy atom. The lowest BCUT2D eigenvalue weighted by Gasteiger charge is -2.17. The summed E-state index contributed by atoms with van der Waals surface area (Å²) in [6.07, 6.45) is 1.56. The Morgan fingerprint density at radius 3 is 2.36 bits per heavy atom. The van der Waals surface area contributed by atoms with Crippen molar-refractivity contribution in [1.82, 2.24) is 0 Å². The number of esters is 1. The lowest BCUT2D eigenvalue weighted by Crippen LogP contribution is -2.26. The molecule has 0 aliphatic heterocycles.